The Bertz CT molecular complexity index is 872. The van der Waals surface area contributed by atoms with E-state index in [4.69, 9.17) is 17.3 Å². The minimum absolute atomic E-state index is 0.0694. The average molecular weight is 352 g/mol. The molecule has 0 spiro atoms. The Morgan fingerprint density at radius 1 is 1.12 bits per heavy atom. The van der Waals surface area contributed by atoms with Gasteiger partial charge in [-0.25, -0.2) is 0 Å². The van der Waals surface area contributed by atoms with Gasteiger partial charge in [0, 0.05) is 27.9 Å². The Morgan fingerprint density at radius 2 is 1.84 bits per heavy atom. The summed E-state index contributed by atoms with van der Waals surface area (Å²) in [6.45, 7) is 0. The SMILES string of the molecule is NC1=C(c2ccc(Cl)cc2)N2C=C(C(=O)c3ccccc3)CCC2N1. The van der Waals surface area contributed by atoms with Gasteiger partial charge in [0.2, 0.25) is 0 Å². The number of rotatable bonds is 3. The van der Waals surface area contributed by atoms with Crippen molar-refractivity contribution in [1.82, 2.24) is 10.2 Å². The number of allylic oxidation sites excluding steroid dienone is 1. The second kappa shape index (κ2) is 6.30. The smallest absolute Gasteiger partial charge is 0.190 e. The van der Waals surface area contributed by atoms with E-state index in [1.807, 2.05) is 60.8 Å². The topological polar surface area (TPSA) is 58.4 Å². The summed E-state index contributed by atoms with van der Waals surface area (Å²) < 4.78 is 0. The van der Waals surface area contributed by atoms with Crippen LogP contribution < -0.4 is 11.1 Å². The van der Waals surface area contributed by atoms with E-state index >= 15 is 0 Å². The third-order valence-electron chi connectivity index (χ3n) is 4.60. The molecule has 2 heterocycles. The summed E-state index contributed by atoms with van der Waals surface area (Å²) in [6, 6.07) is 16.9. The van der Waals surface area contributed by atoms with Crippen molar-refractivity contribution in [3.63, 3.8) is 0 Å². The highest BCUT2D eigenvalue weighted by Crippen LogP contribution is 2.35. The molecule has 2 aliphatic rings. The standard InChI is InChI=1S/C20H18ClN3O/c21-16-9-6-13(7-10-16)18-20(22)23-17-11-8-15(12-24(17)18)19(25)14-4-2-1-3-5-14/h1-7,9-10,12,17,23H,8,11,22H2. The molecule has 4 nitrogen and oxygen atoms in total. The first-order valence-corrected chi connectivity index (χ1v) is 8.62. The van der Waals surface area contributed by atoms with Gasteiger partial charge >= 0.3 is 0 Å². The van der Waals surface area contributed by atoms with Crippen molar-refractivity contribution in [2.24, 2.45) is 5.73 Å². The van der Waals surface area contributed by atoms with Gasteiger partial charge in [-0.3, -0.25) is 4.79 Å². The quantitative estimate of drug-likeness (QED) is 0.827. The molecule has 1 unspecified atom stereocenters. The van der Waals surface area contributed by atoms with Crippen molar-refractivity contribution in [2.45, 2.75) is 19.0 Å². The lowest BCUT2D eigenvalue weighted by Gasteiger charge is -2.30. The molecule has 3 N–H and O–H groups in total. The molecule has 5 heteroatoms. The van der Waals surface area contributed by atoms with Gasteiger partial charge in [0.25, 0.3) is 0 Å². The highest BCUT2D eigenvalue weighted by Gasteiger charge is 2.34. The number of nitrogens with one attached hydrogen (secondary N) is 1. The van der Waals surface area contributed by atoms with E-state index in [0.29, 0.717) is 16.4 Å². The predicted molar refractivity (Wildman–Crippen MR) is 99.4 cm³/mol. The molecule has 2 aromatic rings. The molecule has 126 valence electrons. The fourth-order valence-electron chi connectivity index (χ4n) is 3.36. The molecule has 2 aliphatic heterocycles. The molecule has 0 amide bonds. The number of hydrogen-bond donors (Lipinski definition) is 2. The lowest BCUT2D eigenvalue weighted by Crippen LogP contribution is -2.38. The van der Waals surface area contributed by atoms with Crippen LogP contribution >= 0.6 is 11.6 Å². The number of ketones is 1. The normalized spacial score (nSPS) is 19.3. The summed E-state index contributed by atoms with van der Waals surface area (Å²) in [5.41, 5.74) is 9.59. The zero-order valence-corrected chi connectivity index (χ0v) is 14.3. The van der Waals surface area contributed by atoms with E-state index in [1.54, 1.807) is 0 Å². The largest absolute Gasteiger partial charge is 0.384 e. The zero-order chi connectivity index (χ0) is 17.4. The minimum atomic E-state index is 0.0694. The number of benzene rings is 2. The van der Waals surface area contributed by atoms with Crippen molar-refractivity contribution in [1.29, 1.82) is 0 Å². The molecule has 1 atom stereocenters. The molecule has 0 radical (unpaired) electrons. The van der Waals surface area contributed by atoms with Gasteiger partial charge in [-0.1, -0.05) is 54.1 Å². The second-order valence-electron chi connectivity index (χ2n) is 6.22. The molecule has 0 fully saturated rings. The highest BCUT2D eigenvalue weighted by molar-refractivity contribution is 6.30. The molecule has 0 aromatic heterocycles. The number of carbonyl (C=O) groups excluding carboxylic acids is 1. The van der Waals surface area contributed by atoms with Gasteiger partial charge in [-0.05, 0) is 25.0 Å². The van der Waals surface area contributed by atoms with Crippen molar-refractivity contribution >= 4 is 23.1 Å². The molecular formula is C20H18ClN3O. The number of halogens is 1. The Morgan fingerprint density at radius 3 is 2.56 bits per heavy atom. The molecule has 0 saturated carbocycles. The maximum absolute atomic E-state index is 12.8. The molecule has 0 aliphatic carbocycles. The Labute approximate surface area is 151 Å². The van der Waals surface area contributed by atoms with Gasteiger partial charge in [0.05, 0.1) is 5.70 Å². The van der Waals surface area contributed by atoms with E-state index in [9.17, 15) is 4.79 Å². The highest BCUT2D eigenvalue weighted by atomic mass is 35.5. The van der Waals surface area contributed by atoms with Gasteiger partial charge in [-0.15, -0.1) is 0 Å². The summed E-state index contributed by atoms with van der Waals surface area (Å²) in [6.07, 6.45) is 3.56. The van der Waals surface area contributed by atoms with Crippen molar-refractivity contribution < 1.29 is 4.79 Å². The van der Waals surface area contributed by atoms with E-state index in [1.165, 1.54) is 0 Å². The molecule has 0 bridgehead atoms. The van der Waals surface area contributed by atoms with Gasteiger partial charge < -0.3 is 16.0 Å². The zero-order valence-electron chi connectivity index (χ0n) is 13.6. The van der Waals surface area contributed by atoms with Gasteiger partial charge in [-0.2, -0.15) is 0 Å². The first kappa shape index (κ1) is 15.8. The van der Waals surface area contributed by atoms with Crippen LogP contribution in [0.3, 0.4) is 0 Å². The van der Waals surface area contributed by atoms with Crippen molar-refractivity contribution in [3.8, 4) is 0 Å². The summed E-state index contributed by atoms with van der Waals surface area (Å²) in [4.78, 5) is 14.8. The first-order valence-electron chi connectivity index (χ1n) is 8.24. The number of nitrogens with two attached hydrogens (primary N) is 1. The number of carbonyl (C=O) groups is 1. The van der Waals surface area contributed by atoms with Crippen molar-refractivity contribution in [3.05, 3.63) is 88.3 Å². The third-order valence-corrected chi connectivity index (χ3v) is 4.85. The summed E-state index contributed by atoms with van der Waals surface area (Å²) in [5.74, 6) is 0.692. The van der Waals surface area contributed by atoms with Crippen LogP contribution in [0, 0.1) is 0 Å². The Hall–Kier alpha value is -2.72. The molecule has 2 aromatic carbocycles. The molecule has 25 heavy (non-hydrogen) atoms. The minimum Gasteiger partial charge on any atom is -0.384 e. The van der Waals surface area contributed by atoms with E-state index in [0.717, 1.165) is 29.7 Å². The van der Waals surface area contributed by atoms with E-state index < -0.39 is 0 Å². The van der Waals surface area contributed by atoms with E-state index in [-0.39, 0.29) is 11.9 Å². The molecule has 4 rings (SSSR count). The van der Waals surface area contributed by atoms with Gasteiger partial charge in [0.1, 0.15) is 12.0 Å². The lowest BCUT2D eigenvalue weighted by atomic mass is 9.96. The predicted octanol–water partition coefficient (Wildman–Crippen LogP) is 3.72. The monoisotopic (exact) mass is 351 g/mol. The number of nitrogens with zero attached hydrogens (tertiary/aromatic N) is 1. The first-order chi connectivity index (χ1) is 12.1. The number of hydrogen-bond acceptors (Lipinski definition) is 4. The second-order valence-corrected chi connectivity index (χ2v) is 6.66. The number of fused-ring (bicyclic) bond motifs is 1. The molecule has 0 saturated heterocycles. The Kier molecular flexibility index (Phi) is 3.98. The van der Waals surface area contributed by atoms with Crippen LogP contribution in [0.15, 0.2) is 72.2 Å². The lowest BCUT2D eigenvalue weighted by molar-refractivity contribution is 0.102. The fourth-order valence-corrected chi connectivity index (χ4v) is 3.49. The van der Waals surface area contributed by atoms with E-state index in [2.05, 4.69) is 10.2 Å². The van der Waals surface area contributed by atoms with Crippen LogP contribution in [0.5, 0.6) is 0 Å². The average Bonchev–Trinajstić information content (AvgIpc) is 2.97. The third kappa shape index (κ3) is 2.89. The van der Waals surface area contributed by atoms with Crippen LogP contribution in [-0.4, -0.2) is 16.8 Å². The summed E-state index contributed by atoms with van der Waals surface area (Å²) >= 11 is 5.99. The maximum Gasteiger partial charge on any atom is 0.190 e. The van der Waals surface area contributed by atoms with Crippen LogP contribution in [0.25, 0.3) is 5.70 Å². The number of Topliss-reactive ketones (excluding diaryl/α,β-unsaturated/α-hetero) is 1. The van der Waals surface area contributed by atoms with Crippen molar-refractivity contribution in [2.75, 3.05) is 0 Å². The van der Waals surface area contributed by atoms with Crippen LogP contribution in [-0.2, 0) is 0 Å². The fraction of sp³-hybridized carbons (Fsp3) is 0.150. The van der Waals surface area contributed by atoms with Crippen LogP contribution in [0.4, 0.5) is 0 Å². The Balaban J connectivity index is 1.69. The summed E-state index contributed by atoms with van der Waals surface area (Å²) in [7, 11) is 0. The summed E-state index contributed by atoms with van der Waals surface area (Å²) in [5, 5.41) is 3.99. The van der Waals surface area contributed by atoms with Crippen LogP contribution in [0.1, 0.15) is 28.8 Å². The van der Waals surface area contributed by atoms with Gasteiger partial charge in [0.15, 0.2) is 5.78 Å². The molecular weight excluding hydrogens is 334 g/mol. The maximum atomic E-state index is 12.8. The van der Waals surface area contributed by atoms with Crippen LogP contribution in [0.2, 0.25) is 5.02 Å².